The topological polar surface area (TPSA) is 46.1 Å². The van der Waals surface area contributed by atoms with Crippen molar-refractivity contribution >= 4 is 27.8 Å². The molecule has 0 N–H and O–H groups in total. The minimum Gasteiger partial charge on any atom is -0.273 e. The highest BCUT2D eigenvalue weighted by atomic mass is 79.9. The van der Waals surface area contributed by atoms with Gasteiger partial charge >= 0.3 is 0 Å². The van der Waals surface area contributed by atoms with Crippen LogP contribution in [-0.2, 0) is 4.79 Å². The van der Waals surface area contributed by atoms with E-state index in [1.807, 2.05) is 26.0 Å². The lowest BCUT2D eigenvalue weighted by atomic mass is 9.77. The van der Waals surface area contributed by atoms with Gasteiger partial charge in [-0.2, -0.15) is 0 Å². The van der Waals surface area contributed by atoms with Crippen molar-refractivity contribution in [2.24, 2.45) is 11.3 Å². The van der Waals surface area contributed by atoms with Gasteiger partial charge in [0.05, 0.1) is 5.41 Å². The molecule has 0 radical (unpaired) electrons. The molecule has 0 bridgehead atoms. The number of alkyl halides is 1. The van der Waals surface area contributed by atoms with Crippen LogP contribution >= 0.6 is 15.9 Å². The van der Waals surface area contributed by atoms with Crippen LogP contribution in [0, 0.1) is 11.3 Å². The Morgan fingerprint density at radius 1 is 1.32 bits per heavy atom. The summed E-state index contributed by atoms with van der Waals surface area (Å²) in [5, 5.41) is 0. The molecule has 1 amide bonds. The van der Waals surface area contributed by atoms with E-state index in [4.69, 9.17) is 0 Å². The van der Waals surface area contributed by atoms with E-state index >= 15 is 0 Å². The summed E-state index contributed by atoms with van der Waals surface area (Å²) >= 11 is 3.65. The molecule has 2 aliphatic rings. The van der Waals surface area contributed by atoms with E-state index in [1.165, 1.54) is 0 Å². The van der Waals surface area contributed by atoms with Crippen molar-refractivity contribution in [3.05, 3.63) is 42.4 Å². The number of fused-ring (bicyclic) bond motifs is 1. The first-order valence-electron chi connectivity index (χ1n) is 6.17. The van der Waals surface area contributed by atoms with E-state index in [2.05, 4.69) is 32.0 Å². The second kappa shape index (κ2) is 4.27. The van der Waals surface area contributed by atoms with Crippen molar-refractivity contribution in [1.29, 1.82) is 0 Å². The molecular weight excluding hydrogens is 306 g/mol. The highest BCUT2D eigenvalue weighted by Gasteiger charge is 2.54. The Balaban J connectivity index is 2.13. The molecule has 1 fully saturated rings. The fourth-order valence-corrected chi connectivity index (χ4v) is 3.88. The number of allylic oxidation sites excluding steroid dienone is 4. The third-order valence-electron chi connectivity index (χ3n) is 3.74. The van der Waals surface area contributed by atoms with Crippen molar-refractivity contribution in [3.63, 3.8) is 0 Å². The van der Waals surface area contributed by atoms with Gasteiger partial charge in [-0.3, -0.25) is 9.69 Å². The van der Waals surface area contributed by atoms with Crippen LogP contribution < -0.4 is 4.90 Å². The average Bonchev–Trinajstić information content (AvgIpc) is 2.60. The summed E-state index contributed by atoms with van der Waals surface area (Å²) < 4.78 is 0. The molecule has 3 rings (SSSR count). The molecule has 1 aromatic rings. The van der Waals surface area contributed by atoms with Crippen LogP contribution in [0.25, 0.3) is 0 Å². The summed E-state index contributed by atoms with van der Waals surface area (Å²) in [4.78, 5) is 22.9. The van der Waals surface area contributed by atoms with Crippen LogP contribution in [0.5, 0.6) is 0 Å². The fourth-order valence-electron chi connectivity index (χ4n) is 2.77. The zero-order valence-electron chi connectivity index (χ0n) is 10.7. The Hall–Kier alpha value is -1.49. The lowest BCUT2D eigenvalue weighted by Gasteiger charge is -2.28. The van der Waals surface area contributed by atoms with Gasteiger partial charge in [0.1, 0.15) is 0 Å². The largest absolute Gasteiger partial charge is 0.273 e. The molecular formula is C14H14BrN3O. The first kappa shape index (κ1) is 12.5. The zero-order valence-corrected chi connectivity index (χ0v) is 12.3. The zero-order chi connectivity index (χ0) is 13.6. The molecule has 1 aliphatic carbocycles. The first-order valence-corrected chi connectivity index (χ1v) is 7.09. The molecule has 2 atom stereocenters. The Morgan fingerprint density at radius 3 is 2.68 bits per heavy atom. The molecule has 2 heterocycles. The van der Waals surface area contributed by atoms with E-state index in [0.717, 1.165) is 5.70 Å². The average molecular weight is 320 g/mol. The van der Waals surface area contributed by atoms with Crippen molar-refractivity contribution < 1.29 is 4.79 Å². The summed E-state index contributed by atoms with van der Waals surface area (Å²) in [6.07, 6.45) is 9.32. The van der Waals surface area contributed by atoms with Crippen molar-refractivity contribution in [2.45, 2.75) is 18.7 Å². The lowest BCUT2D eigenvalue weighted by Crippen LogP contribution is -2.33. The Labute approximate surface area is 120 Å². The molecule has 5 heteroatoms. The molecule has 4 nitrogen and oxygen atoms in total. The maximum absolute atomic E-state index is 12.7. The van der Waals surface area contributed by atoms with E-state index in [-0.39, 0.29) is 16.7 Å². The summed E-state index contributed by atoms with van der Waals surface area (Å²) in [5.74, 6) is 0.598. The van der Waals surface area contributed by atoms with Gasteiger partial charge in [-0.15, -0.1) is 0 Å². The number of amides is 1. The molecule has 2 unspecified atom stereocenters. The predicted molar refractivity (Wildman–Crippen MR) is 76.7 cm³/mol. The number of carbonyl (C=O) groups is 1. The third-order valence-corrected chi connectivity index (χ3v) is 4.58. The van der Waals surface area contributed by atoms with Crippen LogP contribution in [-0.4, -0.2) is 20.7 Å². The van der Waals surface area contributed by atoms with Crippen molar-refractivity contribution in [1.82, 2.24) is 9.97 Å². The maximum Gasteiger partial charge on any atom is 0.240 e. The van der Waals surface area contributed by atoms with Crippen LogP contribution in [0.1, 0.15) is 13.8 Å². The monoisotopic (exact) mass is 319 g/mol. The van der Waals surface area contributed by atoms with E-state index in [9.17, 15) is 4.79 Å². The number of aromatic nitrogens is 2. The highest BCUT2D eigenvalue weighted by Crippen LogP contribution is 2.49. The fraction of sp³-hybridized carbons (Fsp3) is 0.357. The Kier molecular flexibility index (Phi) is 2.82. The molecule has 1 aliphatic heterocycles. The molecule has 0 saturated carbocycles. The van der Waals surface area contributed by atoms with Crippen molar-refractivity contribution in [3.8, 4) is 0 Å². The highest BCUT2D eigenvalue weighted by molar-refractivity contribution is 9.09. The quantitative estimate of drug-likeness (QED) is 0.748. The van der Waals surface area contributed by atoms with Crippen LogP contribution in [0.2, 0.25) is 0 Å². The van der Waals surface area contributed by atoms with Gasteiger partial charge in [0, 0.05) is 28.8 Å². The van der Waals surface area contributed by atoms with Gasteiger partial charge in [0.15, 0.2) is 0 Å². The number of rotatable bonds is 1. The standard InChI is InChI=1S/C14H14BrN3O/c1-14(2)11-9(15)5-3-6-10(11)18(12(14)19)13-16-7-4-8-17-13/h3-9,11H,1-2H3. The van der Waals surface area contributed by atoms with Crippen LogP contribution in [0.15, 0.2) is 42.4 Å². The number of hydrogen-bond donors (Lipinski definition) is 0. The summed E-state index contributed by atoms with van der Waals surface area (Å²) in [6, 6.07) is 1.75. The Bertz CT molecular complexity index is 580. The van der Waals surface area contributed by atoms with Gasteiger partial charge in [0.25, 0.3) is 0 Å². The Morgan fingerprint density at radius 2 is 2.00 bits per heavy atom. The first-order chi connectivity index (χ1) is 9.03. The van der Waals surface area contributed by atoms with Gasteiger partial charge in [-0.25, -0.2) is 9.97 Å². The normalized spacial score (nSPS) is 28.3. The second-order valence-corrected chi connectivity index (χ2v) is 6.37. The molecule has 0 spiro atoms. The summed E-state index contributed by atoms with van der Waals surface area (Å²) in [7, 11) is 0. The van der Waals surface area contributed by atoms with Gasteiger partial charge in [-0.05, 0) is 12.1 Å². The number of nitrogens with zero attached hydrogens (tertiary/aromatic N) is 3. The van der Waals surface area contributed by atoms with Crippen LogP contribution in [0.4, 0.5) is 5.95 Å². The number of hydrogen-bond acceptors (Lipinski definition) is 3. The maximum atomic E-state index is 12.7. The molecule has 1 saturated heterocycles. The minimum absolute atomic E-state index is 0.0445. The smallest absolute Gasteiger partial charge is 0.240 e. The number of anilines is 1. The lowest BCUT2D eigenvalue weighted by molar-refractivity contribution is -0.125. The minimum atomic E-state index is -0.468. The van der Waals surface area contributed by atoms with Gasteiger partial charge < -0.3 is 0 Å². The third kappa shape index (κ3) is 1.75. The second-order valence-electron chi connectivity index (χ2n) is 5.31. The van der Waals surface area contributed by atoms with Crippen molar-refractivity contribution in [2.75, 3.05) is 4.90 Å². The van der Waals surface area contributed by atoms with E-state index in [1.54, 1.807) is 23.4 Å². The number of halogens is 1. The van der Waals surface area contributed by atoms with E-state index in [0.29, 0.717) is 5.95 Å². The predicted octanol–water partition coefficient (Wildman–Crippen LogP) is 2.68. The van der Waals surface area contributed by atoms with Gasteiger partial charge in [0.2, 0.25) is 11.9 Å². The summed E-state index contributed by atoms with van der Waals surface area (Å²) in [6.45, 7) is 3.95. The molecule has 19 heavy (non-hydrogen) atoms. The van der Waals surface area contributed by atoms with E-state index < -0.39 is 5.41 Å². The molecule has 0 aromatic carbocycles. The molecule has 1 aromatic heterocycles. The van der Waals surface area contributed by atoms with Gasteiger partial charge in [-0.1, -0.05) is 41.9 Å². The summed E-state index contributed by atoms with van der Waals surface area (Å²) in [5.41, 5.74) is 0.495. The SMILES string of the molecule is CC1(C)C(=O)N(c2ncccn2)C2=CC=CC(Br)C21. The molecule has 98 valence electrons. The number of carbonyl (C=O) groups excluding carboxylic acids is 1. The van der Waals surface area contributed by atoms with Crippen LogP contribution in [0.3, 0.4) is 0 Å².